The van der Waals surface area contributed by atoms with Gasteiger partial charge in [0, 0.05) is 6.04 Å². The van der Waals surface area contributed by atoms with E-state index < -0.39 is 0 Å². The smallest absolute Gasteiger partial charge is 0.115 e. The van der Waals surface area contributed by atoms with Crippen molar-refractivity contribution in [2.24, 2.45) is 0 Å². The van der Waals surface area contributed by atoms with Gasteiger partial charge in [0.2, 0.25) is 0 Å². The van der Waals surface area contributed by atoms with Crippen molar-refractivity contribution >= 4 is 0 Å². The van der Waals surface area contributed by atoms with Gasteiger partial charge in [0.05, 0.1) is 0 Å². The van der Waals surface area contributed by atoms with E-state index in [1.165, 1.54) is 11.1 Å². The molecule has 1 atom stereocenters. The van der Waals surface area contributed by atoms with E-state index in [0.717, 1.165) is 19.4 Å². The Morgan fingerprint density at radius 1 is 0.900 bits per heavy atom. The average Bonchev–Trinajstić information content (AvgIpc) is 2.47. The Bertz CT molecular complexity index is 520. The van der Waals surface area contributed by atoms with E-state index in [2.05, 4.69) is 12.2 Å². The molecular formula is C17H21NO2. The summed E-state index contributed by atoms with van der Waals surface area (Å²) in [4.78, 5) is 0. The van der Waals surface area contributed by atoms with Crippen LogP contribution in [0, 0.1) is 0 Å². The summed E-state index contributed by atoms with van der Waals surface area (Å²) in [6, 6.07) is 15.0. The van der Waals surface area contributed by atoms with Gasteiger partial charge in [-0.15, -0.1) is 0 Å². The molecule has 3 heteroatoms. The maximum absolute atomic E-state index is 9.32. The first kappa shape index (κ1) is 14.4. The molecule has 0 bridgehead atoms. The van der Waals surface area contributed by atoms with Crippen molar-refractivity contribution in [2.45, 2.75) is 25.8 Å². The topological polar surface area (TPSA) is 52.5 Å². The molecule has 20 heavy (non-hydrogen) atoms. The summed E-state index contributed by atoms with van der Waals surface area (Å²) in [6.45, 7) is 3.02. The lowest BCUT2D eigenvalue weighted by Crippen LogP contribution is -2.23. The molecule has 0 aromatic heterocycles. The zero-order chi connectivity index (χ0) is 14.4. The Balaban J connectivity index is 1.87. The van der Waals surface area contributed by atoms with Gasteiger partial charge in [-0.3, -0.25) is 0 Å². The highest BCUT2D eigenvalue weighted by molar-refractivity contribution is 5.28. The van der Waals surface area contributed by atoms with E-state index in [4.69, 9.17) is 0 Å². The van der Waals surface area contributed by atoms with Crippen molar-refractivity contribution in [1.29, 1.82) is 0 Å². The van der Waals surface area contributed by atoms with Gasteiger partial charge in [0.1, 0.15) is 11.5 Å². The monoisotopic (exact) mass is 271 g/mol. The van der Waals surface area contributed by atoms with E-state index in [9.17, 15) is 10.2 Å². The predicted octanol–water partition coefficient (Wildman–Crippen LogP) is 3.38. The lowest BCUT2D eigenvalue weighted by molar-refractivity contribution is 0.472. The largest absolute Gasteiger partial charge is 0.508 e. The minimum Gasteiger partial charge on any atom is -0.508 e. The van der Waals surface area contributed by atoms with Crippen molar-refractivity contribution in [3.8, 4) is 11.5 Å². The van der Waals surface area contributed by atoms with Crippen LogP contribution in [0.3, 0.4) is 0 Å². The maximum atomic E-state index is 9.32. The SMILES string of the molecule is CCC(NCCc1ccc(O)cc1)c1ccc(O)cc1. The molecule has 1 unspecified atom stereocenters. The Labute approximate surface area is 119 Å². The van der Waals surface area contributed by atoms with Gasteiger partial charge in [0.25, 0.3) is 0 Å². The number of phenolic OH excluding ortho intramolecular Hbond substituents is 2. The van der Waals surface area contributed by atoms with Crippen LogP contribution in [0.15, 0.2) is 48.5 Å². The molecule has 0 spiro atoms. The molecule has 0 aliphatic rings. The Morgan fingerprint density at radius 3 is 2.00 bits per heavy atom. The molecule has 0 saturated carbocycles. The lowest BCUT2D eigenvalue weighted by Gasteiger charge is -2.17. The van der Waals surface area contributed by atoms with Crippen LogP contribution < -0.4 is 5.32 Å². The lowest BCUT2D eigenvalue weighted by atomic mass is 10.0. The van der Waals surface area contributed by atoms with E-state index in [-0.39, 0.29) is 0 Å². The minimum atomic E-state index is 0.299. The first-order valence-electron chi connectivity index (χ1n) is 6.99. The number of hydrogen-bond acceptors (Lipinski definition) is 3. The fourth-order valence-corrected chi connectivity index (χ4v) is 2.26. The normalized spacial score (nSPS) is 12.2. The number of rotatable bonds is 6. The van der Waals surface area contributed by atoms with Gasteiger partial charge >= 0.3 is 0 Å². The van der Waals surface area contributed by atoms with Crippen LogP contribution in [0.4, 0.5) is 0 Å². The van der Waals surface area contributed by atoms with Crippen LogP contribution in [-0.2, 0) is 6.42 Å². The third-order valence-electron chi connectivity index (χ3n) is 3.44. The van der Waals surface area contributed by atoms with Crippen LogP contribution in [0.1, 0.15) is 30.5 Å². The van der Waals surface area contributed by atoms with Gasteiger partial charge in [0.15, 0.2) is 0 Å². The van der Waals surface area contributed by atoms with Gasteiger partial charge in [-0.1, -0.05) is 31.2 Å². The van der Waals surface area contributed by atoms with Crippen LogP contribution in [-0.4, -0.2) is 16.8 Å². The standard InChI is InChI=1S/C17H21NO2/c1-2-17(14-5-9-16(20)10-6-14)18-12-11-13-3-7-15(19)8-4-13/h3-10,17-20H,2,11-12H2,1H3. The number of aromatic hydroxyl groups is 2. The summed E-state index contributed by atoms with van der Waals surface area (Å²) in [5, 5.41) is 22.1. The second-order valence-electron chi connectivity index (χ2n) is 4.92. The zero-order valence-corrected chi connectivity index (χ0v) is 11.7. The summed E-state index contributed by atoms with van der Waals surface area (Å²) in [5.74, 6) is 0.602. The number of phenols is 2. The van der Waals surface area contributed by atoms with Crippen LogP contribution in [0.5, 0.6) is 11.5 Å². The van der Waals surface area contributed by atoms with Gasteiger partial charge in [-0.05, 0) is 54.8 Å². The number of benzene rings is 2. The quantitative estimate of drug-likeness (QED) is 0.755. The van der Waals surface area contributed by atoms with E-state index in [1.54, 1.807) is 24.3 Å². The summed E-state index contributed by atoms with van der Waals surface area (Å²) in [6.07, 6.45) is 1.93. The first-order chi connectivity index (χ1) is 9.69. The van der Waals surface area contributed by atoms with E-state index in [0.29, 0.717) is 17.5 Å². The molecule has 106 valence electrons. The molecule has 0 fully saturated rings. The van der Waals surface area contributed by atoms with Gasteiger partial charge in [-0.2, -0.15) is 0 Å². The predicted molar refractivity (Wildman–Crippen MR) is 81.0 cm³/mol. The molecule has 2 rings (SSSR count). The highest BCUT2D eigenvalue weighted by Crippen LogP contribution is 2.19. The van der Waals surface area contributed by atoms with Crippen LogP contribution in [0.25, 0.3) is 0 Å². The van der Waals surface area contributed by atoms with E-state index >= 15 is 0 Å². The Kier molecular flexibility index (Phi) is 5.02. The summed E-state index contributed by atoms with van der Waals surface area (Å²) >= 11 is 0. The van der Waals surface area contributed by atoms with Crippen LogP contribution >= 0.6 is 0 Å². The number of nitrogens with one attached hydrogen (secondary N) is 1. The molecular weight excluding hydrogens is 250 g/mol. The van der Waals surface area contributed by atoms with Crippen molar-refractivity contribution in [3.63, 3.8) is 0 Å². The molecule has 3 N–H and O–H groups in total. The fourth-order valence-electron chi connectivity index (χ4n) is 2.26. The second-order valence-corrected chi connectivity index (χ2v) is 4.92. The number of hydrogen-bond donors (Lipinski definition) is 3. The maximum Gasteiger partial charge on any atom is 0.115 e. The fraction of sp³-hybridized carbons (Fsp3) is 0.294. The van der Waals surface area contributed by atoms with Gasteiger partial charge in [-0.25, -0.2) is 0 Å². The highest BCUT2D eigenvalue weighted by Gasteiger charge is 2.08. The van der Waals surface area contributed by atoms with Crippen molar-refractivity contribution in [1.82, 2.24) is 5.32 Å². The average molecular weight is 271 g/mol. The summed E-state index contributed by atoms with van der Waals surface area (Å²) in [5.41, 5.74) is 2.40. The Hall–Kier alpha value is -2.00. The van der Waals surface area contributed by atoms with Crippen LogP contribution in [0.2, 0.25) is 0 Å². The minimum absolute atomic E-state index is 0.299. The molecule has 0 amide bonds. The van der Waals surface area contributed by atoms with Gasteiger partial charge < -0.3 is 15.5 Å². The molecule has 3 nitrogen and oxygen atoms in total. The van der Waals surface area contributed by atoms with Crippen molar-refractivity contribution in [3.05, 3.63) is 59.7 Å². The molecule has 0 aliphatic heterocycles. The van der Waals surface area contributed by atoms with Crippen molar-refractivity contribution < 1.29 is 10.2 Å². The van der Waals surface area contributed by atoms with E-state index in [1.807, 2.05) is 24.3 Å². The first-order valence-corrected chi connectivity index (χ1v) is 6.99. The molecule has 0 aliphatic carbocycles. The van der Waals surface area contributed by atoms with Crippen molar-refractivity contribution in [2.75, 3.05) is 6.54 Å². The molecule has 0 saturated heterocycles. The second kappa shape index (κ2) is 6.96. The Morgan fingerprint density at radius 2 is 1.45 bits per heavy atom. The molecule has 0 radical (unpaired) electrons. The summed E-state index contributed by atoms with van der Waals surface area (Å²) in [7, 11) is 0. The molecule has 2 aromatic rings. The third-order valence-corrected chi connectivity index (χ3v) is 3.44. The highest BCUT2D eigenvalue weighted by atomic mass is 16.3. The molecule has 2 aromatic carbocycles. The third kappa shape index (κ3) is 4.00. The zero-order valence-electron chi connectivity index (χ0n) is 11.7. The summed E-state index contributed by atoms with van der Waals surface area (Å²) < 4.78 is 0. The molecule has 0 heterocycles.